The van der Waals surface area contributed by atoms with Crippen molar-refractivity contribution >= 4 is 28.9 Å². The molecule has 1 fully saturated rings. The quantitative estimate of drug-likeness (QED) is 0.766. The molecule has 0 radical (unpaired) electrons. The minimum Gasteiger partial charge on any atom is -0.273 e. The van der Waals surface area contributed by atoms with Crippen molar-refractivity contribution in [2.24, 2.45) is 11.0 Å². The highest BCUT2D eigenvalue weighted by atomic mass is 16.2. The minimum atomic E-state index is -0.249. The second kappa shape index (κ2) is 5.56. The van der Waals surface area contributed by atoms with E-state index < -0.39 is 0 Å². The Balaban J connectivity index is 1.45. The van der Waals surface area contributed by atoms with Crippen LogP contribution in [0.25, 0.3) is 10.9 Å². The number of carbonyl (C=O) groups is 2. The van der Waals surface area contributed by atoms with E-state index in [0.717, 1.165) is 22.9 Å². The summed E-state index contributed by atoms with van der Waals surface area (Å²) in [5, 5.41) is 4.73. The van der Waals surface area contributed by atoms with Crippen LogP contribution < -0.4 is 10.9 Å². The van der Waals surface area contributed by atoms with E-state index in [1.165, 1.54) is 5.56 Å². The van der Waals surface area contributed by atoms with Crippen LogP contribution in [0, 0.1) is 5.92 Å². The maximum Gasteiger partial charge on any atom is 0.272 e. The summed E-state index contributed by atoms with van der Waals surface area (Å²) in [5.74, 6) is -0.00203. The van der Waals surface area contributed by atoms with E-state index in [2.05, 4.69) is 28.1 Å². The normalized spacial score (nSPS) is 20.5. The first kappa shape index (κ1) is 14.9. The second-order valence-electron chi connectivity index (χ2n) is 6.69. The van der Waals surface area contributed by atoms with Gasteiger partial charge in [-0.25, -0.2) is 5.43 Å². The standard InChI is InChI=1S/C20H16N4O2/c25-19-14-7-4-8-17-18(14)13(10-21-22-19)11-24(17)23-20(26)16-9-15(16)12-5-2-1-3-6-12/h1-8,10-11,15-16H,9H2,(H,22,25)(H,23,26)/t15-,16+/m0/s1. The van der Waals surface area contributed by atoms with Gasteiger partial charge in [-0.05, 0) is 30.0 Å². The van der Waals surface area contributed by atoms with Crippen LogP contribution in [0.15, 0.2) is 59.8 Å². The summed E-state index contributed by atoms with van der Waals surface area (Å²) in [6.45, 7) is 0. The van der Waals surface area contributed by atoms with Gasteiger partial charge in [0.05, 0.1) is 17.3 Å². The van der Waals surface area contributed by atoms with Gasteiger partial charge in [-0.1, -0.05) is 36.4 Å². The number of hydrogen-bond acceptors (Lipinski definition) is 3. The summed E-state index contributed by atoms with van der Waals surface area (Å²) in [7, 11) is 0. The molecule has 2 N–H and O–H groups in total. The van der Waals surface area contributed by atoms with Crippen molar-refractivity contribution in [2.45, 2.75) is 12.3 Å². The third-order valence-electron chi connectivity index (χ3n) is 5.06. The number of hydrogen-bond donors (Lipinski definition) is 2. The minimum absolute atomic E-state index is 0.00819. The number of benzene rings is 2. The van der Waals surface area contributed by atoms with Crippen molar-refractivity contribution in [3.8, 4) is 0 Å². The summed E-state index contributed by atoms with van der Waals surface area (Å²) in [5.41, 5.74) is 8.79. The topological polar surface area (TPSA) is 75.5 Å². The van der Waals surface area contributed by atoms with Crippen molar-refractivity contribution < 1.29 is 9.59 Å². The van der Waals surface area contributed by atoms with Gasteiger partial charge in [0.15, 0.2) is 0 Å². The molecule has 6 heteroatoms. The average molecular weight is 344 g/mol. The summed E-state index contributed by atoms with van der Waals surface area (Å²) >= 11 is 0. The SMILES string of the molecule is O=C1NN=Cc2cn(NC(=O)[C@@H]3C[C@H]3c3ccccc3)c3cccc1c23. The van der Waals surface area contributed by atoms with Crippen LogP contribution in [0.3, 0.4) is 0 Å². The molecular weight excluding hydrogens is 328 g/mol. The summed E-state index contributed by atoms with van der Waals surface area (Å²) in [6, 6.07) is 15.6. The average Bonchev–Trinajstić information content (AvgIpc) is 3.42. The van der Waals surface area contributed by atoms with Crippen molar-refractivity contribution in [3.63, 3.8) is 0 Å². The van der Waals surface area contributed by atoms with Crippen LogP contribution in [0.5, 0.6) is 0 Å². The van der Waals surface area contributed by atoms with E-state index in [9.17, 15) is 9.59 Å². The van der Waals surface area contributed by atoms with Gasteiger partial charge in [0, 0.05) is 23.1 Å². The van der Waals surface area contributed by atoms with Crippen LogP contribution in [-0.4, -0.2) is 22.7 Å². The summed E-state index contributed by atoms with van der Waals surface area (Å²) in [4.78, 5) is 24.8. The molecule has 3 aromatic rings. The van der Waals surface area contributed by atoms with Gasteiger partial charge in [-0.2, -0.15) is 5.10 Å². The predicted molar refractivity (Wildman–Crippen MR) is 98.7 cm³/mol. The van der Waals surface area contributed by atoms with Crippen LogP contribution >= 0.6 is 0 Å². The molecule has 2 aliphatic rings. The molecule has 2 amide bonds. The lowest BCUT2D eigenvalue weighted by atomic mass is 10.1. The van der Waals surface area contributed by atoms with Crippen molar-refractivity contribution in [3.05, 3.63) is 71.4 Å². The molecule has 1 aliphatic carbocycles. The molecule has 0 unspecified atom stereocenters. The van der Waals surface area contributed by atoms with Crippen molar-refractivity contribution in [1.82, 2.24) is 10.1 Å². The zero-order valence-corrected chi connectivity index (χ0v) is 13.8. The molecule has 5 rings (SSSR count). The van der Waals surface area contributed by atoms with E-state index in [1.54, 1.807) is 29.2 Å². The molecule has 2 aromatic carbocycles. The van der Waals surface area contributed by atoms with Gasteiger partial charge < -0.3 is 0 Å². The Kier molecular flexibility index (Phi) is 3.18. The van der Waals surface area contributed by atoms with Crippen LogP contribution in [0.4, 0.5) is 0 Å². The Labute approximate surface area is 149 Å². The largest absolute Gasteiger partial charge is 0.273 e. The highest BCUT2D eigenvalue weighted by Gasteiger charge is 2.44. The lowest BCUT2D eigenvalue weighted by molar-refractivity contribution is -0.118. The van der Waals surface area contributed by atoms with Gasteiger partial charge in [0.2, 0.25) is 5.91 Å². The molecule has 128 valence electrons. The number of aromatic nitrogens is 1. The summed E-state index contributed by atoms with van der Waals surface area (Å²) < 4.78 is 1.70. The van der Waals surface area contributed by atoms with E-state index in [4.69, 9.17) is 0 Å². The first-order valence-electron chi connectivity index (χ1n) is 8.55. The zero-order valence-electron chi connectivity index (χ0n) is 13.8. The molecule has 26 heavy (non-hydrogen) atoms. The van der Waals surface area contributed by atoms with E-state index >= 15 is 0 Å². The fourth-order valence-corrected chi connectivity index (χ4v) is 3.67. The number of hydrazone groups is 1. The zero-order chi connectivity index (χ0) is 17.7. The molecule has 0 bridgehead atoms. The first-order chi connectivity index (χ1) is 12.7. The fraction of sp³-hybridized carbons (Fsp3) is 0.150. The van der Waals surface area contributed by atoms with E-state index in [-0.39, 0.29) is 23.7 Å². The highest BCUT2D eigenvalue weighted by Crippen LogP contribution is 2.47. The van der Waals surface area contributed by atoms with Crippen LogP contribution in [0.2, 0.25) is 0 Å². The van der Waals surface area contributed by atoms with E-state index in [1.807, 2.05) is 24.3 Å². The highest BCUT2D eigenvalue weighted by molar-refractivity contribution is 6.14. The second-order valence-corrected chi connectivity index (χ2v) is 6.69. The van der Waals surface area contributed by atoms with Gasteiger partial charge >= 0.3 is 0 Å². The first-order valence-corrected chi connectivity index (χ1v) is 8.55. The third kappa shape index (κ3) is 2.30. The molecule has 6 nitrogen and oxygen atoms in total. The molecule has 2 heterocycles. The molecule has 1 aromatic heterocycles. The van der Waals surface area contributed by atoms with Crippen molar-refractivity contribution in [2.75, 3.05) is 5.43 Å². The number of nitrogens with zero attached hydrogens (tertiary/aromatic N) is 2. The summed E-state index contributed by atoms with van der Waals surface area (Å²) in [6.07, 6.45) is 4.26. The Hall–Kier alpha value is -3.41. The molecule has 1 aliphatic heterocycles. The fourth-order valence-electron chi connectivity index (χ4n) is 3.67. The lowest BCUT2D eigenvalue weighted by Crippen LogP contribution is -2.24. The Morgan fingerprint density at radius 2 is 2.00 bits per heavy atom. The Bertz CT molecular complexity index is 1070. The van der Waals surface area contributed by atoms with E-state index in [0.29, 0.717) is 5.56 Å². The van der Waals surface area contributed by atoms with Crippen LogP contribution in [0.1, 0.15) is 33.8 Å². The molecular formula is C20H16N4O2. The Morgan fingerprint density at radius 1 is 1.15 bits per heavy atom. The van der Waals surface area contributed by atoms with Gasteiger partial charge in [-0.15, -0.1) is 0 Å². The third-order valence-corrected chi connectivity index (χ3v) is 5.06. The van der Waals surface area contributed by atoms with Gasteiger partial charge in [0.25, 0.3) is 5.91 Å². The van der Waals surface area contributed by atoms with Gasteiger partial charge in [-0.3, -0.25) is 19.7 Å². The molecule has 0 spiro atoms. The predicted octanol–water partition coefficient (Wildman–Crippen LogP) is 2.59. The monoisotopic (exact) mass is 344 g/mol. The maximum absolute atomic E-state index is 12.7. The number of nitrogens with one attached hydrogen (secondary N) is 2. The van der Waals surface area contributed by atoms with Crippen LogP contribution in [-0.2, 0) is 4.79 Å². The number of amides is 2. The molecule has 2 atom stereocenters. The molecule has 1 saturated carbocycles. The number of carbonyl (C=O) groups excluding carboxylic acids is 2. The van der Waals surface area contributed by atoms with Crippen molar-refractivity contribution in [1.29, 1.82) is 0 Å². The van der Waals surface area contributed by atoms with Gasteiger partial charge in [0.1, 0.15) is 0 Å². The lowest BCUT2D eigenvalue weighted by Gasteiger charge is -2.09. The smallest absolute Gasteiger partial charge is 0.272 e. The maximum atomic E-state index is 12.7. The molecule has 0 saturated heterocycles. The Morgan fingerprint density at radius 3 is 2.85 bits per heavy atom. The number of rotatable bonds is 3.